The number of aliphatic hydroxyl groups excluding tert-OH is 1. The van der Waals surface area contributed by atoms with Crippen molar-refractivity contribution in [2.75, 3.05) is 6.61 Å². The van der Waals surface area contributed by atoms with E-state index < -0.39 is 34.5 Å². The van der Waals surface area contributed by atoms with Crippen molar-refractivity contribution in [2.24, 2.45) is 28.6 Å². The molecule has 148 valence electrons. The van der Waals surface area contributed by atoms with Crippen LogP contribution in [0, 0.1) is 28.6 Å². The van der Waals surface area contributed by atoms with Gasteiger partial charge in [-0.15, -0.1) is 0 Å². The van der Waals surface area contributed by atoms with E-state index in [9.17, 15) is 19.8 Å². The third-order valence-electron chi connectivity index (χ3n) is 8.78. The Morgan fingerprint density at radius 2 is 2.00 bits per heavy atom. The van der Waals surface area contributed by atoms with Crippen LogP contribution in [-0.2, 0) is 9.59 Å². The number of allylic oxidation sites excluding steroid dienone is 4. The largest absolute Gasteiger partial charge is 0.388 e. The smallest absolute Gasteiger partial charge is 0.190 e. The second-order valence-electron chi connectivity index (χ2n) is 9.62. The first kappa shape index (κ1) is 19.0. The van der Waals surface area contributed by atoms with Gasteiger partial charge in [-0.1, -0.05) is 31.6 Å². The molecule has 0 radical (unpaired) electrons. The second-order valence-corrected chi connectivity index (χ2v) is 9.62. The molecule has 0 aromatic heterocycles. The number of hydrogen-bond acceptors (Lipinski definition) is 4. The molecule has 2 fully saturated rings. The highest BCUT2D eigenvalue weighted by molar-refractivity contribution is 5.93. The number of aliphatic hydroxyl groups is 2. The van der Waals surface area contributed by atoms with Crippen LogP contribution >= 0.6 is 0 Å². The van der Waals surface area contributed by atoms with Crippen LogP contribution in [-0.4, -0.2) is 39.7 Å². The predicted octanol–water partition coefficient (Wildman–Crippen LogP) is 2.92. The van der Waals surface area contributed by atoms with Gasteiger partial charge in [-0.05, 0) is 50.5 Å². The molecule has 0 spiro atoms. The van der Waals surface area contributed by atoms with Gasteiger partial charge < -0.3 is 10.2 Å². The van der Waals surface area contributed by atoms with Crippen molar-refractivity contribution < 1.29 is 24.2 Å². The highest BCUT2D eigenvalue weighted by Gasteiger charge is 2.72. The van der Waals surface area contributed by atoms with Gasteiger partial charge in [0.2, 0.25) is 0 Å². The fourth-order valence-corrected chi connectivity index (χ4v) is 7.05. The van der Waals surface area contributed by atoms with Crippen molar-refractivity contribution in [3.8, 4) is 0 Å². The number of rotatable bonds is 2. The molecule has 0 bridgehead atoms. The minimum absolute atomic E-state index is 0.0128. The van der Waals surface area contributed by atoms with Crippen LogP contribution < -0.4 is 0 Å². The summed E-state index contributed by atoms with van der Waals surface area (Å²) in [5.74, 6) is -1.32. The molecule has 0 heterocycles. The lowest BCUT2D eigenvalue weighted by molar-refractivity contribution is -0.180. The van der Waals surface area contributed by atoms with Crippen molar-refractivity contribution in [1.29, 1.82) is 0 Å². The number of carbonyl (C=O) groups is 2. The molecule has 0 amide bonds. The molecule has 7 atom stereocenters. The Balaban J connectivity index is 1.80. The number of Topliss-reactive ketones (excluding diaryl/α,β-unsaturated/α-hetero) is 1. The Labute approximate surface area is 159 Å². The van der Waals surface area contributed by atoms with Gasteiger partial charge in [0.05, 0.1) is 0 Å². The Morgan fingerprint density at radius 1 is 1.30 bits per heavy atom. The van der Waals surface area contributed by atoms with Gasteiger partial charge in [-0.25, -0.2) is 4.39 Å². The highest BCUT2D eigenvalue weighted by Crippen LogP contribution is 2.70. The maximum absolute atomic E-state index is 16.7. The monoisotopic (exact) mass is 376 g/mol. The maximum atomic E-state index is 16.7. The summed E-state index contributed by atoms with van der Waals surface area (Å²) in [6.45, 7) is 4.93. The standard InChI is InChI=1S/C22H29FO4/c1-13-10-17-16-5-4-14-11-15(25)6-7-19(14,2)21(16,23)9-8-20(17,3)22(13,27)18(26)12-24/h4,6-7,13,16-17,24,27H,5,8-12H2,1-3H3/t13-,16+,17+,19+,20+,21-,22+/m1/s1. The molecule has 0 aliphatic heterocycles. The van der Waals surface area contributed by atoms with Crippen molar-refractivity contribution in [3.05, 3.63) is 23.8 Å². The zero-order valence-electron chi connectivity index (χ0n) is 16.3. The minimum Gasteiger partial charge on any atom is -0.388 e. The lowest BCUT2D eigenvalue weighted by Crippen LogP contribution is -2.63. The van der Waals surface area contributed by atoms with Gasteiger partial charge in [0.25, 0.3) is 0 Å². The highest BCUT2D eigenvalue weighted by atomic mass is 19.1. The molecule has 2 saturated carbocycles. The van der Waals surface area contributed by atoms with E-state index in [0.29, 0.717) is 19.3 Å². The Hall–Kier alpha value is -1.33. The number of halogens is 1. The van der Waals surface area contributed by atoms with E-state index in [4.69, 9.17) is 0 Å². The number of alkyl halides is 1. The fourth-order valence-electron chi connectivity index (χ4n) is 7.05. The zero-order valence-corrected chi connectivity index (χ0v) is 16.3. The summed E-state index contributed by atoms with van der Waals surface area (Å²) in [5, 5.41) is 20.8. The van der Waals surface area contributed by atoms with Crippen molar-refractivity contribution >= 4 is 11.6 Å². The minimum atomic E-state index is -1.61. The Kier molecular flexibility index (Phi) is 3.94. The quantitative estimate of drug-likeness (QED) is 0.727. The average molecular weight is 376 g/mol. The molecule has 4 aliphatic rings. The van der Waals surface area contributed by atoms with Crippen LogP contribution in [0.25, 0.3) is 0 Å². The summed E-state index contributed by atoms with van der Waals surface area (Å²) in [4.78, 5) is 24.4. The van der Waals surface area contributed by atoms with Gasteiger partial charge in [0, 0.05) is 23.2 Å². The van der Waals surface area contributed by atoms with E-state index in [0.717, 1.165) is 5.57 Å². The molecule has 0 saturated heterocycles. The predicted molar refractivity (Wildman–Crippen MR) is 98.6 cm³/mol. The second kappa shape index (κ2) is 5.60. The zero-order chi connectivity index (χ0) is 19.8. The molecule has 4 aliphatic carbocycles. The van der Waals surface area contributed by atoms with Gasteiger partial charge in [-0.2, -0.15) is 0 Å². The normalized spacial score (nSPS) is 51.3. The summed E-state index contributed by atoms with van der Waals surface area (Å²) in [6.07, 6.45) is 7.27. The van der Waals surface area contributed by atoms with Gasteiger partial charge >= 0.3 is 0 Å². The molecule has 4 nitrogen and oxygen atoms in total. The van der Waals surface area contributed by atoms with E-state index in [1.807, 2.05) is 26.8 Å². The molecule has 27 heavy (non-hydrogen) atoms. The van der Waals surface area contributed by atoms with E-state index in [1.54, 1.807) is 6.08 Å². The molecule has 0 aromatic rings. The SMILES string of the molecule is C[C@@H]1C[C@H]2[C@@H]3CC=C4CC(=O)C=C[C@]4(C)[C@@]3(F)CC[C@]2(C)[C@@]1(O)C(=O)CO. The average Bonchev–Trinajstić information content (AvgIpc) is 2.84. The van der Waals surface area contributed by atoms with Gasteiger partial charge in [-0.3, -0.25) is 9.59 Å². The first-order chi connectivity index (χ1) is 12.5. The summed E-state index contributed by atoms with van der Waals surface area (Å²) < 4.78 is 16.7. The molecule has 0 unspecified atom stereocenters. The van der Waals surface area contributed by atoms with Crippen molar-refractivity contribution in [2.45, 2.75) is 64.1 Å². The van der Waals surface area contributed by atoms with Crippen LogP contribution in [0.4, 0.5) is 4.39 Å². The Bertz CT molecular complexity index is 772. The van der Waals surface area contributed by atoms with Gasteiger partial charge in [0.1, 0.15) is 17.9 Å². The first-order valence-electron chi connectivity index (χ1n) is 10.0. The third kappa shape index (κ3) is 2.05. The van der Waals surface area contributed by atoms with E-state index in [1.165, 1.54) is 6.08 Å². The molecular formula is C22H29FO4. The number of fused-ring (bicyclic) bond motifs is 5. The van der Waals surface area contributed by atoms with E-state index in [2.05, 4.69) is 0 Å². The first-order valence-corrected chi connectivity index (χ1v) is 10.0. The maximum Gasteiger partial charge on any atom is 0.190 e. The van der Waals surface area contributed by atoms with Crippen LogP contribution in [0.5, 0.6) is 0 Å². The summed E-state index contributed by atoms with van der Waals surface area (Å²) >= 11 is 0. The van der Waals surface area contributed by atoms with Crippen molar-refractivity contribution in [1.82, 2.24) is 0 Å². The summed E-state index contributed by atoms with van der Waals surface area (Å²) in [5.41, 5.74) is -3.80. The molecule has 5 heteroatoms. The summed E-state index contributed by atoms with van der Waals surface area (Å²) in [7, 11) is 0. The van der Waals surface area contributed by atoms with E-state index >= 15 is 4.39 Å². The lowest BCUT2D eigenvalue weighted by atomic mass is 9.46. The number of carbonyl (C=O) groups excluding carboxylic acids is 2. The topological polar surface area (TPSA) is 74.6 Å². The summed E-state index contributed by atoms with van der Waals surface area (Å²) in [6, 6.07) is 0. The molecular weight excluding hydrogens is 347 g/mol. The van der Waals surface area contributed by atoms with Crippen LogP contribution in [0.15, 0.2) is 23.8 Å². The molecule has 4 rings (SSSR count). The molecule has 0 aromatic carbocycles. The molecule has 2 N–H and O–H groups in total. The van der Waals surface area contributed by atoms with Gasteiger partial charge in [0.15, 0.2) is 11.6 Å². The van der Waals surface area contributed by atoms with E-state index in [-0.39, 0.29) is 36.4 Å². The van der Waals surface area contributed by atoms with Crippen LogP contribution in [0.2, 0.25) is 0 Å². The number of ketones is 2. The third-order valence-corrected chi connectivity index (χ3v) is 8.78. The van der Waals surface area contributed by atoms with Crippen molar-refractivity contribution in [3.63, 3.8) is 0 Å². The fraction of sp³-hybridized carbons (Fsp3) is 0.727. The number of hydrogen-bond donors (Lipinski definition) is 2. The van der Waals surface area contributed by atoms with Crippen LogP contribution in [0.3, 0.4) is 0 Å². The Morgan fingerprint density at radius 3 is 2.67 bits per heavy atom. The lowest BCUT2D eigenvalue weighted by Gasteiger charge is -2.60. The van der Waals surface area contributed by atoms with Crippen LogP contribution in [0.1, 0.15) is 52.9 Å².